The van der Waals surface area contributed by atoms with Gasteiger partial charge in [0.2, 0.25) is 5.95 Å². The number of fused-ring (bicyclic) bond motifs is 4. The predicted octanol–water partition coefficient (Wildman–Crippen LogP) is 4.00. The fraction of sp³-hybridized carbons (Fsp3) is 0.567. The first-order valence-electron chi connectivity index (χ1n) is 14.7. The molecular weight excluding hydrogens is 536 g/mol. The van der Waals surface area contributed by atoms with Gasteiger partial charge in [0.25, 0.3) is 5.91 Å². The van der Waals surface area contributed by atoms with E-state index >= 15 is 0 Å². The predicted molar refractivity (Wildman–Crippen MR) is 159 cm³/mol. The van der Waals surface area contributed by atoms with Crippen LogP contribution in [0, 0.1) is 0 Å². The molecule has 2 aliphatic heterocycles. The van der Waals surface area contributed by atoms with Crippen LogP contribution in [0.25, 0.3) is 11.0 Å². The number of hydrogen-bond acceptors (Lipinski definition) is 10. The molecule has 6 rings (SSSR count). The Hall–Kier alpha value is -3.77. The molecule has 0 radical (unpaired) electrons. The van der Waals surface area contributed by atoms with Crippen molar-refractivity contribution in [3.8, 4) is 0 Å². The highest BCUT2D eigenvalue weighted by Gasteiger charge is 2.49. The maximum atomic E-state index is 13.7. The van der Waals surface area contributed by atoms with E-state index in [2.05, 4.69) is 38.2 Å². The zero-order chi connectivity index (χ0) is 29.6. The molecule has 0 aromatic carbocycles. The van der Waals surface area contributed by atoms with Gasteiger partial charge in [0.05, 0.1) is 30.1 Å². The third-order valence-electron chi connectivity index (χ3n) is 8.60. The minimum absolute atomic E-state index is 0.139. The fourth-order valence-electron chi connectivity index (χ4n) is 6.30. The van der Waals surface area contributed by atoms with Crippen LogP contribution >= 0.6 is 0 Å². The summed E-state index contributed by atoms with van der Waals surface area (Å²) in [5, 5.41) is 3.98. The van der Waals surface area contributed by atoms with Crippen LogP contribution in [-0.4, -0.2) is 99.9 Å². The second kappa shape index (κ2) is 10.8. The van der Waals surface area contributed by atoms with Crippen LogP contribution < -0.4 is 10.2 Å². The average Bonchev–Trinajstić information content (AvgIpc) is 3.36. The molecule has 1 aliphatic carbocycles. The Morgan fingerprint density at radius 3 is 2.45 bits per heavy atom. The molecule has 12 nitrogen and oxygen atoms in total. The number of piperazine rings is 1. The minimum atomic E-state index is -0.717. The number of nitrogens with zero attached hydrogens (tertiary/aromatic N) is 7. The number of imide groups is 1. The van der Waals surface area contributed by atoms with Gasteiger partial charge in [-0.25, -0.2) is 19.7 Å². The summed E-state index contributed by atoms with van der Waals surface area (Å²) in [6, 6.07) is 5.78. The zero-order valence-electron chi connectivity index (χ0n) is 25.1. The van der Waals surface area contributed by atoms with E-state index in [1.807, 2.05) is 16.8 Å². The second-order valence-electron chi connectivity index (χ2n) is 12.7. The summed E-state index contributed by atoms with van der Waals surface area (Å²) in [6.45, 7) is 9.62. The summed E-state index contributed by atoms with van der Waals surface area (Å²) >= 11 is 0. The van der Waals surface area contributed by atoms with Gasteiger partial charge in [-0.05, 0) is 71.7 Å². The van der Waals surface area contributed by atoms with Gasteiger partial charge in [0.1, 0.15) is 22.8 Å². The maximum absolute atomic E-state index is 13.7. The lowest BCUT2D eigenvalue weighted by molar-refractivity contribution is -0.00747. The molecular formula is C30H40N8O4. The lowest BCUT2D eigenvalue weighted by Gasteiger charge is -2.47. The monoisotopic (exact) mass is 576 g/mol. The van der Waals surface area contributed by atoms with E-state index in [4.69, 9.17) is 14.5 Å². The number of hydrogen-bond donors (Lipinski definition) is 1. The number of carbonyl (C=O) groups is 2. The number of anilines is 3. The normalized spacial score (nSPS) is 23.4. The van der Waals surface area contributed by atoms with Gasteiger partial charge in [0.15, 0.2) is 0 Å². The molecule has 224 valence electrons. The maximum Gasteiger partial charge on any atom is 0.417 e. The largest absolute Gasteiger partial charge is 0.443 e. The Morgan fingerprint density at radius 2 is 1.81 bits per heavy atom. The molecule has 2 fully saturated rings. The molecule has 1 spiro atoms. The summed E-state index contributed by atoms with van der Waals surface area (Å²) in [7, 11) is 3.87. The van der Waals surface area contributed by atoms with Gasteiger partial charge in [-0.3, -0.25) is 4.79 Å². The van der Waals surface area contributed by atoms with E-state index in [9.17, 15) is 9.59 Å². The van der Waals surface area contributed by atoms with Crippen molar-refractivity contribution in [3.05, 3.63) is 36.3 Å². The van der Waals surface area contributed by atoms with Gasteiger partial charge in [-0.1, -0.05) is 0 Å². The Balaban J connectivity index is 1.31. The number of methoxy groups -OCH3 is 1. The van der Waals surface area contributed by atoms with Crippen molar-refractivity contribution >= 4 is 40.5 Å². The van der Waals surface area contributed by atoms with Crippen molar-refractivity contribution in [1.29, 1.82) is 0 Å². The van der Waals surface area contributed by atoms with Gasteiger partial charge >= 0.3 is 6.09 Å². The third kappa shape index (κ3) is 5.40. The molecule has 3 aromatic heterocycles. The summed E-state index contributed by atoms with van der Waals surface area (Å²) in [6.07, 6.45) is 6.19. The highest BCUT2D eigenvalue weighted by molar-refractivity contribution is 6.06. The van der Waals surface area contributed by atoms with Crippen LogP contribution in [0.2, 0.25) is 0 Å². The third-order valence-corrected chi connectivity index (χ3v) is 8.60. The molecule has 0 bridgehead atoms. The van der Waals surface area contributed by atoms with Crippen LogP contribution in [0.5, 0.6) is 0 Å². The smallest absolute Gasteiger partial charge is 0.417 e. The number of ether oxygens (including phenoxy) is 2. The molecule has 1 saturated heterocycles. The van der Waals surface area contributed by atoms with Crippen molar-refractivity contribution < 1.29 is 19.1 Å². The topological polar surface area (TPSA) is 118 Å². The average molecular weight is 577 g/mol. The summed E-state index contributed by atoms with van der Waals surface area (Å²) in [4.78, 5) is 46.8. The van der Waals surface area contributed by atoms with Crippen molar-refractivity contribution in [3.63, 3.8) is 0 Å². The van der Waals surface area contributed by atoms with Crippen LogP contribution in [0.3, 0.4) is 0 Å². The number of likely N-dealkylation sites (N-methyl/N-ethyl adjacent to an activating group) is 1. The second-order valence-corrected chi connectivity index (χ2v) is 12.7. The highest BCUT2D eigenvalue weighted by atomic mass is 16.6. The van der Waals surface area contributed by atoms with Crippen molar-refractivity contribution in [2.45, 2.75) is 63.7 Å². The number of carbonyl (C=O) groups excluding carboxylic acids is 2. The molecule has 0 atom stereocenters. The van der Waals surface area contributed by atoms with E-state index in [1.54, 1.807) is 40.1 Å². The van der Waals surface area contributed by atoms with Crippen LogP contribution in [-0.2, 0) is 15.0 Å². The Morgan fingerprint density at radius 1 is 1.07 bits per heavy atom. The van der Waals surface area contributed by atoms with Crippen LogP contribution in [0.4, 0.5) is 22.2 Å². The molecule has 1 N–H and O–H groups in total. The number of nitrogens with one attached hydrogen (secondary N) is 1. The molecule has 5 heterocycles. The molecule has 3 aliphatic rings. The van der Waals surface area contributed by atoms with Crippen LogP contribution in [0.1, 0.15) is 56.9 Å². The van der Waals surface area contributed by atoms with Crippen LogP contribution in [0.15, 0.2) is 30.6 Å². The molecule has 0 unspecified atom stereocenters. The van der Waals surface area contributed by atoms with Crippen molar-refractivity contribution in [2.24, 2.45) is 0 Å². The lowest BCUT2D eigenvalue weighted by Crippen LogP contribution is -2.57. The van der Waals surface area contributed by atoms with E-state index in [0.717, 1.165) is 62.9 Å². The molecule has 2 amide bonds. The number of aromatic nitrogens is 4. The first-order valence-corrected chi connectivity index (χ1v) is 14.7. The zero-order valence-corrected chi connectivity index (χ0v) is 25.1. The van der Waals surface area contributed by atoms with Gasteiger partial charge < -0.3 is 29.2 Å². The van der Waals surface area contributed by atoms with Gasteiger partial charge in [0, 0.05) is 44.9 Å². The Bertz CT molecular complexity index is 1460. The Kier molecular flexibility index (Phi) is 7.30. The fourth-order valence-corrected chi connectivity index (χ4v) is 6.30. The first kappa shape index (κ1) is 28.4. The number of pyridine rings is 1. The highest BCUT2D eigenvalue weighted by Crippen LogP contribution is 2.43. The number of rotatable bonds is 4. The molecule has 42 heavy (non-hydrogen) atoms. The summed E-state index contributed by atoms with van der Waals surface area (Å²) in [5.41, 5.74) is 0.923. The standard InChI is InChI=1S/C30H40N8O4/c1-29(2,3)42-28(40)37-19-30(10-8-22(41-5)9-11-30)38-23(26(37)39)16-20-17-32-27(34-25(20)38)33-24-7-6-21(18-31-24)36-14-12-35(4)13-15-36/h6-7,16-18,22H,8-15,19H2,1-5H3,(H,31,32,33,34)/t22-,30+. The summed E-state index contributed by atoms with van der Waals surface area (Å²) in [5.74, 6) is 0.642. The van der Waals surface area contributed by atoms with Gasteiger partial charge in [-0.2, -0.15) is 4.98 Å². The quantitative estimate of drug-likeness (QED) is 0.488. The lowest BCUT2D eigenvalue weighted by atomic mass is 9.78. The SMILES string of the molecule is CO[C@H]1CC[C@@]2(CC1)CN(C(=O)OC(C)(C)C)C(=O)c1cc3cnc(Nc4ccc(N5CCN(C)CC5)cn4)nc3n12. The molecule has 3 aromatic rings. The first-order chi connectivity index (χ1) is 20.0. The minimum Gasteiger partial charge on any atom is -0.443 e. The van der Waals surface area contributed by atoms with E-state index in [-0.39, 0.29) is 12.6 Å². The molecule has 12 heteroatoms. The van der Waals surface area contributed by atoms with E-state index < -0.39 is 23.1 Å². The Labute approximate surface area is 246 Å². The summed E-state index contributed by atoms with van der Waals surface area (Å²) < 4.78 is 13.3. The van der Waals surface area contributed by atoms with Crippen molar-refractivity contribution in [2.75, 3.05) is 57.1 Å². The van der Waals surface area contributed by atoms with Crippen molar-refractivity contribution in [1.82, 2.24) is 29.3 Å². The molecule has 1 saturated carbocycles. The number of amides is 2. The van der Waals surface area contributed by atoms with E-state index in [0.29, 0.717) is 23.1 Å². The van der Waals surface area contributed by atoms with E-state index in [1.165, 1.54) is 4.90 Å². The van der Waals surface area contributed by atoms with Gasteiger partial charge in [-0.15, -0.1) is 0 Å².